The molecule has 0 aliphatic rings. The quantitative estimate of drug-likeness (QED) is 0.896. The maximum absolute atomic E-state index is 13.2. The summed E-state index contributed by atoms with van der Waals surface area (Å²) in [5.74, 6) is -4.91. The summed E-state index contributed by atoms with van der Waals surface area (Å²) in [4.78, 5) is 24.3. The maximum Gasteiger partial charge on any atom is 0.336 e. The summed E-state index contributed by atoms with van der Waals surface area (Å²) < 4.78 is 26.3. The summed E-state index contributed by atoms with van der Waals surface area (Å²) in [5, 5.41) is 17.4. The number of hydrogen-bond acceptors (Lipinski definition) is 3. The van der Waals surface area contributed by atoms with Crippen LogP contribution in [0.3, 0.4) is 0 Å². The number of halogens is 2. The van der Waals surface area contributed by atoms with Crippen LogP contribution in [0, 0.1) is 23.0 Å². The Balaban J connectivity index is 3.23. The number of carbonyl (C=O) groups is 2. The van der Waals surface area contributed by atoms with Crippen molar-refractivity contribution in [1.82, 2.24) is 4.90 Å². The normalized spacial score (nSPS) is 9.90. The van der Waals surface area contributed by atoms with Crippen molar-refractivity contribution in [2.75, 3.05) is 13.1 Å². The van der Waals surface area contributed by atoms with Gasteiger partial charge in [0.15, 0.2) is 11.6 Å². The first kappa shape index (κ1) is 15.6. The van der Waals surface area contributed by atoms with E-state index in [2.05, 4.69) is 0 Å². The van der Waals surface area contributed by atoms with Crippen molar-refractivity contribution in [3.05, 3.63) is 34.9 Å². The molecular formula is C13H12F2N2O3. The van der Waals surface area contributed by atoms with Gasteiger partial charge in [-0.1, -0.05) is 0 Å². The van der Waals surface area contributed by atoms with Gasteiger partial charge in [-0.15, -0.1) is 0 Å². The molecule has 0 fully saturated rings. The third kappa shape index (κ3) is 3.29. The number of carbonyl (C=O) groups excluding carboxylic acids is 1. The molecule has 0 aliphatic heterocycles. The standard InChI is InChI=1S/C13H12F2N2O3/c1-2-17(5-3-4-16)12(18)8-6-10(14)11(15)7-9(8)13(19)20/h6-7H,2-3,5H2,1H3,(H,19,20). The highest BCUT2D eigenvalue weighted by Gasteiger charge is 2.23. The molecule has 7 heteroatoms. The molecule has 0 bridgehead atoms. The Kier molecular flexibility index (Phi) is 5.15. The lowest BCUT2D eigenvalue weighted by molar-refractivity contribution is 0.0676. The molecule has 1 N–H and O–H groups in total. The molecule has 0 heterocycles. The molecule has 1 aromatic rings. The number of aromatic carboxylic acids is 1. The van der Waals surface area contributed by atoms with E-state index in [9.17, 15) is 18.4 Å². The molecular weight excluding hydrogens is 270 g/mol. The van der Waals surface area contributed by atoms with Crippen molar-refractivity contribution in [1.29, 1.82) is 5.26 Å². The van der Waals surface area contributed by atoms with Crippen LogP contribution in [0.2, 0.25) is 0 Å². The van der Waals surface area contributed by atoms with Crippen LogP contribution in [0.5, 0.6) is 0 Å². The van der Waals surface area contributed by atoms with E-state index in [1.54, 1.807) is 6.92 Å². The Bertz CT molecular complexity index is 582. The van der Waals surface area contributed by atoms with E-state index in [0.717, 1.165) is 0 Å². The van der Waals surface area contributed by atoms with Crippen LogP contribution in [0.25, 0.3) is 0 Å². The van der Waals surface area contributed by atoms with Crippen molar-refractivity contribution in [2.45, 2.75) is 13.3 Å². The fourth-order valence-corrected chi connectivity index (χ4v) is 1.66. The molecule has 0 aromatic heterocycles. The number of carboxylic acids is 1. The Morgan fingerprint density at radius 1 is 1.30 bits per heavy atom. The Morgan fingerprint density at radius 3 is 2.30 bits per heavy atom. The van der Waals surface area contributed by atoms with Crippen LogP contribution in [-0.4, -0.2) is 35.0 Å². The predicted molar refractivity (Wildman–Crippen MR) is 65.1 cm³/mol. The van der Waals surface area contributed by atoms with E-state index >= 15 is 0 Å². The van der Waals surface area contributed by atoms with Gasteiger partial charge < -0.3 is 10.0 Å². The predicted octanol–water partition coefficient (Wildman–Crippen LogP) is 2.04. The van der Waals surface area contributed by atoms with E-state index in [1.807, 2.05) is 6.07 Å². The van der Waals surface area contributed by atoms with E-state index < -0.39 is 34.6 Å². The third-order valence-electron chi connectivity index (χ3n) is 2.68. The SMILES string of the molecule is CCN(CCC#N)C(=O)c1cc(F)c(F)cc1C(=O)O. The topological polar surface area (TPSA) is 81.4 Å². The molecule has 0 saturated heterocycles. The van der Waals surface area contributed by atoms with Gasteiger partial charge in [-0.3, -0.25) is 4.79 Å². The second-order valence-electron chi connectivity index (χ2n) is 3.91. The molecule has 0 radical (unpaired) electrons. The van der Waals surface area contributed by atoms with E-state index in [0.29, 0.717) is 12.1 Å². The zero-order valence-corrected chi connectivity index (χ0v) is 10.7. The summed E-state index contributed by atoms with van der Waals surface area (Å²) in [5.41, 5.74) is -1.04. The number of benzene rings is 1. The minimum Gasteiger partial charge on any atom is -0.478 e. The fourth-order valence-electron chi connectivity index (χ4n) is 1.66. The average Bonchev–Trinajstić information content (AvgIpc) is 2.41. The van der Waals surface area contributed by atoms with Crippen LogP contribution in [-0.2, 0) is 0 Å². The van der Waals surface area contributed by atoms with Crippen LogP contribution < -0.4 is 0 Å². The van der Waals surface area contributed by atoms with Gasteiger partial charge in [0.1, 0.15) is 0 Å². The molecule has 106 valence electrons. The van der Waals surface area contributed by atoms with Crippen LogP contribution in [0.15, 0.2) is 12.1 Å². The molecule has 1 rings (SSSR count). The number of hydrogen-bond donors (Lipinski definition) is 1. The largest absolute Gasteiger partial charge is 0.478 e. The number of amides is 1. The molecule has 0 aliphatic carbocycles. The minimum absolute atomic E-state index is 0.0612. The van der Waals surface area contributed by atoms with Crippen LogP contribution in [0.4, 0.5) is 8.78 Å². The molecule has 1 aromatic carbocycles. The molecule has 0 spiro atoms. The molecule has 20 heavy (non-hydrogen) atoms. The summed E-state index contributed by atoms with van der Waals surface area (Å²) in [6.07, 6.45) is 0.0612. The molecule has 0 atom stereocenters. The number of carboxylic acid groups (broad SMARTS) is 1. The van der Waals surface area contributed by atoms with E-state index in [1.165, 1.54) is 4.90 Å². The van der Waals surface area contributed by atoms with E-state index in [4.69, 9.17) is 10.4 Å². The summed E-state index contributed by atoms with van der Waals surface area (Å²) in [6, 6.07) is 2.89. The highest BCUT2D eigenvalue weighted by molar-refractivity contribution is 6.04. The first-order valence-electron chi connectivity index (χ1n) is 5.80. The van der Waals surface area contributed by atoms with Gasteiger partial charge in [-0.2, -0.15) is 5.26 Å². The molecule has 0 unspecified atom stereocenters. The Hall–Kier alpha value is -2.49. The van der Waals surface area contributed by atoms with Crippen molar-refractivity contribution < 1.29 is 23.5 Å². The van der Waals surface area contributed by atoms with Crippen molar-refractivity contribution in [3.63, 3.8) is 0 Å². The van der Waals surface area contributed by atoms with Gasteiger partial charge in [-0.25, -0.2) is 13.6 Å². The van der Waals surface area contributed by atoms with Crippen LogP contribution >= 0.6 is 0 Å². The van der Waals surface area contributed by atoms with Crippen molar-refractivity contribution in [2.24, 2.45) is 0 Å². The number of rotatable bonds is 5. The van der Waals surface area contributed by atoms with Crippen molar-refractivity contribution >= 4 is 11.9 Å². The van der Waals surface area contributed by atoms with Gasteiger partial charge in [0.25, 0.3) is 5.91 Å². The first-order chi connectivity index (χ1) is 9.42. The highest BCUT2D eigenvalue weighted by atomic mass is 19.2. The van der Waals surface area contributed by atoms with Crippen molar-refractivity contribution in [3.8, 4) is 6.07 Å². The minimum atomic E-state index is -1.52. The lowest BCUT2D eigenvalue weighted by atomic mass is 10.1. The monoisotopic (exact) mass is 282 g/mol. The zero-order chi connectivity index (χ0) is 15.3. The lowest BCUT2D eigenvalue weighted by Gasteiger charge is -2.20. The first-order valence-corrected chi connectivity index (χ1v) is 5.80. The Labute approximate surface area is 114 Å². The summed E-state index contributed by atoms with van der Waals surface area (Å²) in [7, 11) is 0. The maximum atomic E-state index is 13.2. The van der Waals surface area contributed by atoms with Gasteiger partial charge in [-0.05, 0) is 19.1 Å². The van der Waals surface area contributed by atoms with E-state index in [-0.39, 0.29) is 19.5 Å². The lowest BCUT2D eigenvalue weighted by Crippen LogP contribution is -2.33. The van der Waals surface area contributed by atoms with Gasteiger partial charge in [0.2, 0.25) is 0 Å². The van der Waals surface area contributed by atoms with Gasteiger partial charge in [0, 0.05) is 13.1 Å². The molecule has 1 amide bonds. The number of nitriles is 1. The summed E-state index contributed by atoms with van der Waals surface area (Å²) in [6.45, 7) is 1.94. The number of nitrogens with zero attached hydrogens (tertiary/aromatic N) is 2. The third-order valence-corrected chi connectivity index (χ3v) is 2.68. The zero-order valence-electron chi connectivity index (χ0n) is 10.7. The Morgan fingerprint density at radius 2 is 1.85 bits per heavy atom. The second-order valence-corrected chi connectivity index (χ2v) is 3.91. The molecule has 5 nitrogen and oxygen atoms in total. The summed E-state index contributed by atoms with van der Waals surface area (Å²) >= 11 is 0. The smallest absolute Gasteiger partial charge is 0.336 e. The fraction of sp³-hybridized carbons (Fsp3) is 0.308. The average molecular weight is 282 g/mol. The molecule has 0 saturated carbocycles. The van der Waals surface area contributed by atoms with Gasteiger partial charge >= 0.3 is 5.97 Å². The second kappa shape index (κ2) is 6.61. The van der Waals surface area contributed by atoms with Gasteiger partial charge in [0.05, 0.1) is 23.6 Å². The highest BCUT2D eigenvalue weighted by Crippen LogP contribution is 2.17. The van der Waals surface area contributed by atoms with Crippen LogP contribution in [0.1, 0.15) is 34.1 Å².